The number of pyridine rings is 1. The first kappa shape index (κ1) is 19.8. The van der Waals surface area contributed by atoms with Gasteiger partial charge in [-0.05, 0) is 31.2 Å². The van der Waals surface area contributed by atoms with Crippen molar-refractivity contribution in [1.29, 1.82) is 0 Å². The number of hydrogen-bond donors (Lipinski definition) is 1. The minimum absolute atomic E-state index is 0.0764. The molecule has 4 rings (SSSR count). The van der Waals surface area contributed by atoms with Crippen molar-refractivity contribution in [2.75, 3.05) is 18.0 Å². The van der Waals surface area contributed by atoms with E-state index in [-0.39, 0.29) is 23.4 Å². The molecule has 2 aromatic heterocycles. The van der Waals surface area contributed by atoms with E-state index in [2.05, 4.69) is 20.4 Å². The highest BCUT2D eigenvalue weighted by molar-refractivity contribution is 7.80. The molecule has 8 nitrogen and oxygen atoms in total. The average molecular weight is 430 g/mol. The maximum absolute atomic E-state index is 14.8. The van der Waals surface area contributed by atoms with E-state index in [9.17, 15) is 13.6 Å². The van der Waals surface area contributed by atoms with Crippen molar-refractivity contribution in [3.05, 3.63) is 54.8 Å². The number of amides is 1. The van der Waals surface area contributed by atoms with Crippen LogP contribution in [0.15, 0.2) is 43.1 Å². The molecule has 1 aliphatic heterocycles. The summed E-state index contributed by atoms with van der Waals surface area (Å²) in [6.45, 7) is 2.19. The van der Waals surface area contributed by atoms with E-state index in [0.29, 0.717) is 17.4 Å². The molecule has 0 bridgehead atoms. The van der Waals surface area contributed by atoms with Gasteiger partial charge in [-0.3, -0.25) is 4.90 Å². The molecule has 0 radical (unpaired) electrons. The lowest BCUT2D eigenvalue weighted by molar-refractivity contribution is 0.143. The Kier molecular flexibility index (Phi) is 5.36. The van der Waals surface area contributed by atoms with Gasteiger partial charge in [-0.2, -0.15) is 5.10 Å². The van der Waals surface area contributed by atoms with E-state index in [1.165, 1.54) is 34.5 Å². The first-order chi connectivity index (χ1) is 14.4. The number of carbonyl (C=O) groups excluding carboxylic acids is 1. The summed E-state index contributed by atoms with van der Waals surface area (Å²) in [7, 11) is 0. The first-order valence-electron chi connectivity index (χ1n) is 8.95. The van der Waals surface area contributed by atoms with Crippen LogP contribution in [-0.4, -0.2) is 50.0 Å². The Morgan fingerprint density at radius 1 is 1.33 bits per heavy atom. The molecule has 30 heavy (non-hydrogen) atoms. The van der Waals surface area contributed by atoms with Crippen LogP contribution in [0.1, 0.15) is 6.92 Å². The number of aromatic nitrogens is 4. The van der Waals surface area contributed by atoms with Gasteiger partial charge in [0.2, 0.25) is 0 Å². The number of cyclic esters (lactones) is 1. The van der Waals surface area contributed by atoms with Crippen LogP contribution in [0.3, 0.4) is 0 Å². The van der Waals surface area contributed by atoms with E-state index < -0.39 is 23.8 Å². The van der Waals surface area contributed by atoms with Crippen molar-refractivity contribution < 1.29 is 18.3 Å². The van der Waals surface area contributed by atoms with Crippen molar-refractivity contribution >= 4 is 29.0 Å². The van der Waals surface area contributed by atoms with Crippen LogP contribution >= 0.6 is 12.2 Å². The summed E-state index contributed by atoms with van der Waals surface area (Å²) in [5.74, 6) is -1.17. The van der Waals surface area contributed by atoms with Gasteiger partial charge in [0.15, 0.2) is 5.82 Å². The van der Waals surface area contributed by atoms with E-state index in [1.54, 1.807) is 13.0 Å². The number of halogens is 2. The van der Waals surface area contributed by atoms with Gasteiger partial charge < -0.3 is 10.1 Å². The fourth-order valence-electron chi connectivity index (χ4n) is 3.08. The summed E-state index contributed by atoms with van der Waals surface area (Å²) in [5.41, 5.74) is 0.0916. The van der Waals surface area contributed by atoms with Gasteiger partial charge in [0.1, 0.15) is 30.4 Å². The molecule has 1 atom stereocenters. The Morgan fingerprint density at radius 2 is 2.10 bits per heavy atom. The molecule has 0 saturated carbocycles. The van der Waals surface area contributed by atoms with Gasteiger partial charge in [-0.15, -0.1) is 0 Å². The van der Waals surface area contributed by atoms with Crippen molar-refractivity contribution in [2.45, 2.75) is 13.0 Å². The summed E-state index contributed by atoms with van der Waals surface area (Å²) in [4.78, 5) is 21.9. The van der Waals surface area contributed by atoms with Crippen LogP contribution in [0, 0.1) is 11.6 Å². The summed E-state index contributed by atoms with van der Waals surface area (Å²) < 4.78 is 36.2. The SMILES string of the molecule is CC(=S)NC[C@H]1CN(c2cc(F)c(-c3ccc(-n4cncn4)nc3)c(F)c2)C(=O)O1. The largest absolute Gasteiger partial charge is 0.442 e. The number of ether oxygens (including phenoxy) is 1. The molecule has 0 unspecified atom stereocenters. The third kappa shape index (κ3) is 3.96. The summed E-state index contributed by atoms with van der Waals surface area (Å²) in [5, 5.41) is 6.86. The molecule has 1 fully saturated rings. The fraction of sp³-hybridized carbons (Fsp3) is 0.211. The van der Waals surface area contributed by atoms with Crippen molar-refractivity contribution in [3.63, 3.8) is 0 Å². The number of nitrogens with one attached hydrogen (secondary N) is 1. The number of hydrogen-bond acceptors (Lipinski definition) is 6. The zero-order valence-electron chi connectivity index (χ0n) is 15.7. The molecule has 1 aromatic carbocycles. The van der Waals surface area contributed by atoms with Crippen LogP contribution < -0.4 is 10.2 Å². The zero-order chi connectivity index (χ0) is 21.3. The van der Waals surface area contributed by atoms with Crippen molar-refractivity contribution in [3.8, 4) is 16.9 Å². The highest BCUT2D eigenvalue weighted by Gasteiger charge is 2.33. The van der Waals surface area contributed by atoms with Gasteiger partial charge in [0.25, 0.3) is 0 Å². The number of thiocarbonyl (C=S) groups is 1. The molecule has 11 heteroatoms. The molecule has 0 aliphatic carbocycles. The average Bonchev–Trinajstić information content (AvgIpc) is 3.36. The van der Waals surface area contributed by atoms with Crippen LogP contribution in [0.5, 0.6) is 0 Å². The van der Waals surface area contributed by atoms with Crippen LogP contribution in [-0.2, 0) is 4.74 Å². The molecular formula is C19H16F2N6O2S. The van der Waals surface area contributed by atoms with Crippen LogP contribution in [0.2, 0.25) is 0 Å². The van der Waals surface area contributed by atoms with Crippen LogP contribution in [0.25, 0.3) is 16.9 Å². The van der Waals surface area contributed by atoms with E-state index in [1.807, 2.05) is 0 Å². The Labute approximate surface area is 175 Å². The lowest BCUT2D eigenvalue weighted by Gasteiger charge is -2.15. The predicted octanol–water partition coefficient (Wildman–Crippen LogP) is 2.87. The van der Waals surface area contributed by atoms with Gasteiger partial charge in [0, 0.05) is 11.8 Å². The molecule has 3 heterocycles. The summed E-state index contributed by atoms with van der Waals surface area (Å²) >= 11 is 4.93. The topological polar surface area (TPSA) is 85.2 Å². The minimum Gasteiger partial charge on any atom is -0.442 e. The Hall–Kier alpha value is -3.47. The quantitative estimate of drug-likeness (QED) is 0.623. The lowest BCUT2D eigenvalue weighted by Crippen LogP contribution is -2.32. The first-order valence-corrected chi connectivity index (χ1v) is 9.36. The Morgan fingerprint density at radius 3 is 2.70 bits per heavy atom. The second-order valence-electron chi connectivity index (χ2n) is 6.58. The number of benzene rings is 1. The maximum Gasteiger partial charge on any atom is 0.414 e. The normalized spacial score (nSPS) is 15.9. The molecule has 1 amide bonds. The molecule has 154 valence electrons. The molecule has 1 aliphatic rings. The number of rotatable bonds is 5. The Bertz CT molecular complexity index is 1070. The third-order valence-electron chi connectivity index (χ3n) is 4.48. The predicted molar refractivity (Wildman–Crippen MR) is 108 cm³/mol. The number of anilines is 1. The highest BCUT2D eigenvalue weighted by Crippen LogP contribution is 2.31. The Balaban J connectivity index is 1.57. The highest BCUT2D eigenvalue weighted by atomic mass is 32.1. The minimum atomic E-state index is -0.815. The van der Waals surface area contributed by atoms with Gasteiger partial charge in [0.05, 0.1) is 29.3 Å². The summed E-state index contributed by atoms with van der Waals surface area (Å²) in [6, 6.07) is 5.31. The van der Waals surface area contributed by atoms with E-state index >= 15 is 0 Å². The van der Waals surface area contributed by atoms with Gasteiger partial charge in [-0.1, -0.05) is 12.2 Å². The molecule has 3 aromatic rings. The zero-order valence-corrected chi connectivity index (χ0v) is 16.6. The number of carbonyl (C=O) groups is 1. The smallest absolute Gasteiger partial charge is 0.414 e. The molecule has 0 spiro atoms. The fourth-order valence-corrected chi connectivity index (χ4v) is 3.17. The standard InChI is InChI=1S/C19H16F2N6O2S/c1-11(30)23-7-14-8-26(19(28)29-14)13-4-15(20)18(16(21)5-13)12-2-3-17(24-6-12)27-10-22-9-25-27/h2-6,9-10,14H,7-8H2,1H3,(H,23,30)/t14-/m0/s1. The molecule has 1 saturated heterocycles. The van der Waals surface area contributed by atoms with E-state index in [0.717, 1.165) is 12.1 Å². The second-order valence-corrected chi connectivity index (χ2v) is 7.20. The third-order valence-corrected chi connectivity index (χ3v) is 4.63. The lowest BCUT2D eigenvalue weighted by atomic mass is 10.1. The van der Waals surface area contributed by atoms with Crippen molar-refractivity contribution in [1.82, 2.24) is 25.1 Å². The summed E-state index contributed by atoms with van der Waals surface area (Å²) in [6.07, 6.45) is 3.01. The second kappa shape index (κ2) is 8.11. The van der Waals surface area contributed by atoms with Crippen molar-refractivity contribution in [2.24, 2.45) is 0 Å². The monoisotopic (exact) mass is 430 g/mol. The van der Waals surface area contributed by atoms with Gasteiger partial charge in [-0.25, -0.2) is 28.2 Å². The molecule has 1 N–H and O–H groups in total. The van der Waals surface area contributed by atoms with E-state index in [4.69, 9.17) is 17.0 Å². The molecular weight excluding hydrogens is 414 g/mol. The van der Waals surface area contributed by atoms with Gasteiger partial charge >= 0.3 is 6.09 Å². The number of nitrogens with zero attached hydrogens (tertiary/aromatic N) is 5. The van der Waals surface area contributed by atoms with Crippen LogP contribution in [0.4, 0.5) is 19.3 Å². The maximum atomic E-state index is 14.8.